The molecule has 8 atom stereocenters. The first-order valence-corrected chi connectivity index (χ1v) is 20.1. The second kappa shape index (κ2) is 12.7. The van der Waals surface area contributed by atoms with Gasteiger partial charge in [0.2, 0.25) is 5.91 Å². The SMILES string of the molecule is CC(C)C1=C2C3CCC4[C@@]5(C)CC=C(C6=CCC(C(=O)O)CC6)C(C)(C)C5CC[C@@]4(C)[C@]3(C)CC[C@@]2(C(=O)NCCN2CCOCC2)CC1=O. The summed E-state index contributed by atoms with van der Waals surface area (Å²) in [7, 11) is 0. The van der Waals surface area contributed by atoms with E-state index in [1.165, 1.54) is 29.6 Å². The average Bonchev–Trinajstić information content (AvgIpc) is 3.38. The van der Waals surface area contributed by atoms with E-state index in [2.05, 4.69) is 70.8 Å². The molecule has 276 valence electrons. The lowest BCUT2D eigenvalue weighted by Gasteiger charge is -2.71. The van der Waals surface area contributed by atoms with Crippen molar-refractivity contribution in [3.63, 3.8) is 0 Å². The van der Waals surface area contributed by atoms with Crippen molar-refractivity contribution in [2.24, 2.45) is 56.7 Å². The number of morpholine rings is 1. The molecule has 1 aliphatic heterocycles. The number of fused-ring (bicyclic) bond motifs is 7. The maximum Gasteiger partial charge on any atom is 0.306 e. The van der Waals surface area contributed by atoms with Crippen LogP contribution in [0.4, 0.5) is 0 Å². The van der Waals surface area contributed by atoms with E-state index < -0.39 is 11.4 Å². The van der Waals surface area contributed by atoms with Crippen LogP contribution in [0.1, 0.15) is 119 Å². The molecule has 1 saturated heterocycles. The number of aliphatic carboxylic acids is 1. The molecule has 7 rings (SSSR count). The van der Waals surface area contributed by atoms with Crippen molar-refractivity contribution in [3.8, 4) is 0 Å². The van der Waals surface area contributed by atoms with Crippen molar-refractivity contribution < 1.29 is 24.2 Å². The maximum atomic E-state index is 14.4. The molecule has 3 saturated carbocycles. The van der Waals surface area contributed by atoms with E-state index in [0.29, 0.717) is 31.2 Å². The molecular formula is C43H64N2O5. The van der Waals surface area contributed by atoms with Crippen molar-refractivity contribution in [2.75, 3.05) is 39.4 Å². The Balaban J connectivity index is 1.18. The molecule has 4 fully saturated rings. The van der Waals surface area contributed by atoms with Gasteiger partial charge in [0, 0.05) is 32.6 Å². The molecule has 0 aromatic heterocycles. The van der Waals surface area contributed by atoms with E-state index in [0.717, 1.165) is 83.4 Å². The van der Waals surface area contributed by atoms with Gasteiger partial charge in [0.1, 0.15) is 0 Å². The van der Waals surface area contributed by atoms with Crippen LogP contribution < -0.4 is 5.32 Å². The highest BCUT2D eigenvalue weighted by atomic mass is 16.5. The highest BCUT2D eigenvalue weighted by Crippen LogP contribution is 2.76. The number of Topliss-reactive ketones (excluding diaryl/α,β-unsaturated/α-hetero) is 1. The van der Waals surface area contributed by atoms with E-state index in [1.54, 1.807) is 0 Å². The summed E-state index contributed by atoms with van der Waals surface area (Å²) < 4.78 is 5.52. The van der Waals surface area contributed by atoms with E-state index in [9.17, 15) is 19.5 Å². The second-order valence-corrected chi connectivity index (χ2v) is 19.1. The summed E-state index contributed by atoms with van der Waals surface area (Å²) in [6, 6.07) is 0. The zero-order valence-corrected chi connectivity index (χ0v) is 32.1. The van der Waals surface area contributed by atoms with Gasteiger partial charge in [-0.05, 0) is 132 Å². The molecule has 50 heavy (non-hydrogen) atoms. The van der Waals surface area contributed by atoms with Crippen LogP contribution in [0, 0.1) is 56.7 Å². The lowest BCUT2D eigenvalue weighted by Crippen LogP contribution is -2.64. The minimum atomic E-state index is -0.700. The first kappa shape index (κ1) is 36.1. The predicted octanol–water partition coefficient (Wildman–Crippen LogP) is 7.76. The van der Waals surface area contributed by atoms with Crippen molar-refractivity contribution in [3.05, 3.63) is 34.4 Å². The Morgan fingerprint density at radius 3 is 2.36 bits per heavy atom. The smallest absolute Gasteiger partial charge is 0.306 e. The van der Waals surface area contributed by atoms with Gasteiger partial charge in [-0.2, -0.15) is 0 Å². The number of hydrogen-bond donors (Lipinski definition) is 2. The molecular weight excluding hydrogens is 624 g/mol. The van der Waals surface area contributed by atoms with Crippen LogP contribution in [0.5, 0.6) is 0 Å². The van der Waals surface area contributed by atoms with Crippen LogP contribution in [0.2, 0.25) is 0 Å². The molecule has 0 spiro atoms. The highest BCUT2D eigenvalue weighted by molar-refractivity contribution is 6.07. The number of carbonyl (C=O) groups excluding carboxylic acids is 2. The number of nitrogens with zero attached hydrogens (tertiary/aromatic N) is 1. The fraction of sp³-hybridized carbons (Fsp3) is 0.791. The summed E-state index contributed by atoms with van der Waals surface area (Å²) in [5.41, 5.74) is 4.71. The number of ketones is 1. The van der Waals surface area contributed by atoms with Crippen LogP contribution in [-0.4, -0.2) is 67.1 Å². The fourth-order valence-electron chi connectivity index (χ4n) is 13.7. The quantitative estimate of drug-likeness (QED) is 0.284. The van der Waals surface area contributed by atoms with Crippen molar-refractivity contribution >= 4 is 17.7 Å². The Labute approximate surface area is 301 Å². The summed E-state index contributed by atoms with van der Waals surface area (Å²) in [4.78, 5) is 42.5. The van der Waals surface area contributed by atoms with Gasteiger partial charge in [-0.3, -0.25) is 19.3 Å². The minimum absolute atomic E-state index is 0.0213. The Kier molecular flexibility index (Phi) is 9.18. The number of ether oxygens (including phenoxy) is 1. The third-order valence-corrected chi connectivity index (χ3v) is 16.4. The Hall–Kier alpha value is -2.25. The van der Waals surface area contributed by atoms with E-state index in [4.69, 9.17) is 4.74 Å². The number of amides is 1. The van der Waals surface area contributed by atoms with Crippen molar-refractivity contribution in [2.45, 2.75) is 119 Å². The Morgan fingerprint density at radius 1 is 0.960 bits per heavy atom. The first-order valence-electron chi connectivity index (χ1n) is 20.1. The molecule has 0 aromatic carbocycles. The van der Waals surface area contributed by atoms with Gasteiger partial charge in [-0.25, -0.2) is 0 Å². The highest BCUT2D eigenvalue weighted by Gasteiger charge is 2.70. The molecule has 7 heteroatoms. The van der Waals surface area contributed by atoms with Crippen LogP contribution >= 0.6 is 0 Å². The van der Waals surface area contributed by atoms with Gasteiger partial charge in [-0.15, -0.1) is 0 Å². The first-order chi connectivity index (χ1) is 23.6. The third-order valence-electron chi connectivity index (χ3n) is 16.4. The average molecular weight is 689 g/mol. The molecule has 0 aromatic rings. The predicted molar refractivity (Wildman–Crippen MR) is 196 cm³/mol. The molecule has 1 heterocycles. The fourth-order valence-corrected chi connectivity index (χ4v) is 13.7. The topological polar surface area (TPSA) is 95.9 Å². The normalized spacial score (nSPS) is 41.4. The molecule has 0 radical (unpaired) electrons. The van der Waals surface area contributed by atoms with E-state index in [1.807, 2.05) is 0 Å². The summed E-state index contributed by atoms with van der Waals surface area (Å²) in [5, 5.41) is 13.0. The molecule has 4 unspecified atom stereocenters. The molecule has 1 amide bonds. The number of carboxylic acid groups (broad SMARTS) is 1. The number of nitrogens with one attached hydrogen (secondary N) is 1. The number of carbonyl (C=O) groups is 3. The number of carboxylic acids is 1. The van der Waals surface area contributed by atoms with Crippen molar-refractivity contribution in [1.29, 1.82) is 0 Å². The number of rotatable bonds is 7. The zero-order valence-electron chi connectivity index (χ0n) is 32.1. The summed E-state index contributed by atoms with van der Waals surface area (Å²) >= 11 is 0. The molecule has 0 bridgehead atoms. The van der Waals surface area contributed by atoms with Gasteiger partial charge >= 0.3 is 5.97 Å². The van der Waals surface area contributed by atoms with E-state index >= 15 is 0 Å². The van der Waals surface area contributed by atoms with Crippen LogP contribution in [-0.2, 0) is 19.1 Å². The monoisotopic (exact) mass is 688 g/mol. The minimum Gasteiger partial charge on any atom is -0.481 e. The second-order valence-electron chi connectivity index (χ2n) is 19.1. The molecule has 6 aliphatic carbocycles. The summed E-state index contributed by atoms with van der Waals surface area (Å²) in [6.45, 7) is 21.8. The standard InChI is InChI=1S/C43H64N2O5/c1-27(2)35-32(46)26-43(38(49)44-20-21-45-22-24-50-25-23-45)19-18-41(6)31(36(35)43)12-13-34-40(5)16-14-30(28-8-10-29(11-9-28)37(47)48)39(3,4)33(40)15-17-42(34,41)7/h8,14,27,29,31,33-34H,9-13,15-26H2,1-7H3,(H,44,49)(H,47,48)/t29?,31?,33?,34?,40-,41+,42+,43+/m0/s1. The number of allylic oxidation sites excluding steroid dienone is 5. The summed E-state index contributed by atoms with van der Waals surface area (Å²) in [6.07, 6.45) is 14.8. The van der Waals surface area contributed by atoms with Crippen LogP contribution in [0.15, 0.2) is 34.4 Å². The van der Waals surface area contributed by atoms with Gasteiger partial charge in [0.05, 0.1) is 24.5 Å². The van der Waals surface area contributed by atoms with Crippen molar-refractivity contribution in [1.82, 2.24) is 10.2 Å². The van der Waals surface area contributed by atoms with E-state index in [-0.39, 0.29) is 51.1 Å². The molecule has 2 N–H and O–H groups in total. The molecule has 7 nitrogen and oxygen atoms in total. The Bertz CT molecular complexity index is 1520. The van der Waals surface area contributed by atoms with Crippen LogP contribution in [0.25, 0.3) is 0 Å². The largest absolute Gasteiger partial charge is 0.481 e. The third kappa shape index (κ3) is 5.28. The van der Waals surface area contributed by atoms with Gasteiger partial charge in [0.25, 0.3) is 0 Å². The van der Waals surface area contributed by atoms with Gasteiger partial charge in [0.15, 0.2) is 5.78 Å². The van der Waals surface area contributed by atoms with Gasteiger partial charge < -0.3 is 15.2 Å². The molecule has 7 aliphatic rings. The zero-order chi connectivity index (χ0) is 35.9. The lowest BCUT2D eigenvalue weighted by atomic mass is 9.33. The Morgan fingerprint density at radius 2 is 1.70 bits per heavy atom. The summed E-state index contributed by atoms with van der Waals surface area (Å²) in [5.74, 6) is 0.885. The maximum absolute atomic E-state index is 14.4. The number of hydrogen-bond acceptors (Lipinski definition) is 5. The van der Waals surface area contributed by atoms with Crippen LogP contribution in [0.3, 0.4) is 0 Å². The lowest BCUT2D eigenvalue weighted by molar-refractivity contribution is -0.199. The van der Waals surface area contributed by atoms with Gasteiger partial charge in [-0.1, -0.05) is 60.6 Å².